The number of carboxylic acids is 2. The van der Waals surface area contributed by atoms with Crippen LogP contribution in [0.1, 0.15) is 37.9 Å². The molecule has 3 aromatic heterocycles. The fourth-order valence-electron chi connectivity index (χ4n) is 6.15. The predicted molar refractivity (Wildman–Crippen MR) is 196 cm³/mol. The van der Waals surface area contributed by atoms with Crippen LogP contribution in [0, 0.1) is 36.9 Å². The van der Waals surface area contributed by atoms with Gasteiger partial charge in [-0.15, -0.1) is 16.9 Å². The molecule has 1 saturated heterocycles. The minimum Gasteiger partial charge on any atom is -0.480 e. The first kappa shape index (κ1) is 44.3. The summed E-state index contributed by atoms with van der Waals surface area (Å²) in [5, 5.41) is 30.7. The molecule has 0 spiro atoms. The van der Waals surface area contributed by atoms with Gasteiger partial charge in [-0.3, -0.25) is 44.3 Å². The zero-order valence-corrected chi connectivity index (χ0v) is 33.5. The maximum Gasteiger partial charge on any atom is 0.410 e. The van der Waals surface area contributed by atoms with Crippen LogP contribution in [-0.2, 0) is 43.5 Å². The summed E-state index contributed by atoms with van der Waals surface area (Å²) < 4.78 is 12.3. The molecule has 0 saturated carbocycles. The molecule has 6 rings (SSSR count). The first-order valence-corrected chi connectivity index (χ1v) is 18.7. The Kier molecular flexibility index (Phi) is 17.0. The van der Waals surface area contributed by atoms with Crippen molar-refractivity contribution in [1.29, 1.82) is 0 Å². The number of aliphatic carboxylic acids is 2. The van der Waals surface area contributed by atoms with Gasteiger partial charge in [-0.2, -0.15) is 0 Å². The van der Waals surface area contributed by atoms with E-state index in [4.69, 9.17) is 19.4 Å². The van der Waals surface area contributed by atoms with Crippen LogP contribution in [0.2, 0.25) is 0 Å². The number of aromatic nitrogens is 5. The van der Waals surface area contributed by atoms with E-state index in [9.17, 15) is 29.4 Å². The second-order valence-corrected chi connectivity index (χ2v) is 15.2. The molecule has 6 heterocycles. The van der Waals surface area contributed by atoms with Crippen LogP contribution < -0.4 is 5.32 Å². The number of nitrogens with one attached hydrogen (secondary N) is 1. The van der Waals surface area contributed by atoms with Crippen LogP contribution in [0.15, 0.2) is 41.4 Å². The smallest absolute Gasteiger partial charge is 0.410 e. The average molecular weight is 944 g/mol. The molecular weight excluding hydrogens is 895 g/mol. The van der Waals surface area contributed by atoms with Crippen LogP contribution in [0.5, 0.6) is 0 Å². The molecular formula is C35H48LuN10O8S. The molecule has 55 heavy (non-hydrogen) atoms. The van der Waals surface area contributed by atoms with Gasteiger partial charge in [-0.25, -0.2) is 14.5 Å². The SMILES string of the molecule is CC(C)(C)OC(=O)N[C@@H](CSc1cc2nc(c1)Cn1nncc1-c1cccc(n1)CN1CCN(CC(=O)O)CCN(CCN(CC(=O)O)CC1)C2)OC=O.[Lu]. The Morgan fingerprint density at radius 3 is 2.02 bits per heavy atom. The van der Waals surface area contributed by atoms with Crippen LogP contribution >= 0.6 is 11.8 Å². The predicted octanol–water partition coefficient (Wildman–Crippen LogP) is 1.30. The molecule has 3 aliphatic rings. The van der Waals surface area contributed by atoms with Gasteiger partial charge in [0.2, 0.25) is 0 Å². The zero-order chi connectivity index (χ0) is 38.7. The normalized spacial score (nSPS) is 19.1. The van der Waals surface area contributed by atoms with Gasteiger partial charge in [-0.1, -0.05) is 11.3 Å². The molecule has 1 radical (unpaired) electrons. The van der Waals surface area contributed by atoms with Gasteiger partial charge in [-0.05, 0) is 45.0 Å². The quantitative estimate of drug-likeness (QED) is 0.149. The van der Waals surface area contributed by atoms with E-state index >= 15 is 0 Å². The minimum atomic E-state index is -0.979. The van der Waals surface area contributed by atoms with Crippen LogP contribution in [0.4, 0.5) is 4.79 Å². The Bertz CT molecular complexity index is 1730. The van der Waals surface area contributed by atoms with Crippen molar-refractivity contribution in [3.63, 3.8) is 0 Å². The Morgan fingerprint density at radius 2 is 1.45 bits per heavy atom. The molecule has 18 nitrogen and oxygen atoms in total. The fourth-order valence-corrected chi connectivity index (χ4v) is 7.09. The van der Waals surface area contributed by atoms with Gasteiger partial charge >= 0.3 is 18.0 Å². The molecule has 0 aromatic carbocycles. The number of fused-ring (bicyclic) bond motifs is 8. The maximum atomic E-state index is 12.5. The Labute approximate surface area is 353 Å². The van der Waals surface area contributed by atoms with Gasteiger partial charge in [0.25, 0.3) is 6.47 Å². The van der Waals surface area contributed by atoms with E-state index < -0.39 is 29.9 Å². The summed E-state index contributed by atoms with van der Waals surface area (Å²) in [5.41, 5.74) is 2.77. The third-order valence-electron chi connectivity index (χ3n) is 8.62. The van der Waals surface area contributed by atoms with E-state index in [-0.39, 0.29) is 68.7 Å². The first-order valence-electron chi connectivity index (χ1n) is 17.7. The standard InChI is InChI=1S/C35H48N10O8S.Lu/c1-35(2,3)53-34(51)39-31(52-24-46)23-54-28-15-26-19-42-9-13-43(21-32(47)48)11-7-41(8-12-44(14-10-42)22-33(49)50)18-25-5-4-6-29(38-25)30-17-36-40-45(30)20-27(16-28)37-26;/h4-6,15-17,24,31H,7-14,18-23H2,1-3H3,(H,39,51)(H,47,48)(H,49,50);/t31-;/m1./s1. The molecule has 6 bridgehead atoms. The number of nitrogens with zero attached hydrogens (tertiary/aromatic N) is 9. The summed E-state index contributed by atoms with van der Waals surface area (Å²) in [6.07, 6.45) is -0.0503. The third kappa shape index (κ3) is 14.9. The number of pyridine rings is 2. The Morgan fingerprint density at radius 1 is 0.873 bits per heavy atom. The fraction of sp³-hybridized carbons (Fsp3) is 0.543. The van der Waals surface area contributed by atoms with E-state index in [1.54, 1.807) is 31.6 Å². The summed E-state index contributed by atoms with van der Waals surface area (Å²) >= 11 is 1.35. The molecule has 3 N–H and O–H groups in total. The van der Waals surface area contributed by atoms with Gasteiger partial charge in [0.05, 0.1) is 54.4 Å². The van der Waals surface area contributed by atoms with Crippen LogP contribution in [-0.4, -0.2) is 162 Å². The van der Waals surface area contributed by atoms with E-state index in [1.807, 2.05) is 40.1 Å². The van der Waals surface area contributed by atoms with Crippen molar-refractivity contribution in [3.8, 4) is 11.4 Å². The number of hydrogen-bond acceptors (Lipinski definition) is 15. The van der Waals surface area contributed by atoms with Gasteiger partial charge < -0.3 is 19.7 Å². The summed E-state index contributed by atoms with van der Waals surface area (Å²) in [5.74, 6) is -1.66. The zero-order valence-electron chi connectivity index (χ0n) is 31.1. The topological polar surface area (TPSA) is 209 Å². The molecule has 1 atom stereocenters. The van der Waals surface area contributed by atoms with E-state index in [1.165, 1.54) is 11.8 Å². The van der Waals surface area contributed by atoms with Crippen molar-refractivity contribution < 1.29 is 75.7 Å². The third-order valence-corrected chi connectivity index (χ3v) is 9.66. The molecule has 1 fully saturated rings. The number of amides is 1. The minimum absolute atomic E-state index is 0. The summed E-state index contributed by atoms with van der Waals surface area (Å²) in [6.45, 7) is 10.4. The number of carbonyl (C=O) groups is 4. The molecule has 3 aromatic rings. The van der Waals surface area contributed by atoms with Crippen molar-refractivity contribution in [2.24, 2.45) is 0 Å². The molecule has 307 valence electrons. The number of carboxylic acid groups (broad SMARTS) is 2. The van der Waals surface area contributed by atoms with Crippen LogP contribution in [0.25, 0.3) is 11.4 Å². The summed E-state index contributed by atoms with van der Waals surface area (Å²) in [6, 6.07) is 9.56. The molecule has 0 unspecified atom stereocenters. The Hall–Kier alpha value is -3.46. The summed E-state index contributed by atoms with van der Waals surface area (Å²) in [7, 11) is 0. The number of thioether (sulfide) groups is 1. The largest absolute Gasteiger partial charge is 0.480 e. The van der Waals surface area contributed by atoms with Crippen molar-refractivity contribution >= 4 is 36.3 Å². The Balaban J connectivity index is 0.00000673. The van der Waals surface area contributed by atoms with Crippen molar-refractivity contribution in [2.75, 3.05) is 71.2 Å². The van der Waals surface area contributed by atoms with Gasteiger partial charge in [0.15, 0.2) is 6.23 Å². The second kappa shape index (κ2) is 21.2. The first-order chi connectivity index (χ1) is 25.8. The number of alkyl carbamates (subject to hydrolysis) is 1. The monoisotopic (exact) mass is 943 g/mol. The molecule has 1 amide bonds. The number of ether oxygens (including phenoxy) is 2. The van der Waals surface area contributed by atoms with Crippen molar-refractivity contribution in [2.45, 2.75) is 57.1 Å². The van der Waals surface area contributed by atoms with E-state index in [0.29, 0.717) is 88.2 Å². The number of carbonyl (C=O) groups excluding carboxylic acids is 2. The van der Waals surface area contributed by atoms with Crippen LogP contribution in [0.3, 0.4) is 0 Å². The van der Waals surface area contributed by atoms with E-state index in [2.05, 4.69) is 25.4 Å². The molecule has 0 aliphatic carbocycles. The van der Waals surface area contributed by atoms with Crippen molar-refractivity contribution in [3.05, 3.63) is 53.6 Å². The maximum absolute atomic E-state index is 12.5. The molecule has 3 aliphatic heterocycles. The molecule has 20 heteroatoms. The van der Waals surface area contributed by atoms with Crippen molar-refractivity contribution in [1.82, 2.24) is 49.9 Å². The number of rotatable bonds is 10. The summed E-state index contributed by atoms with van der Waals surface area (Å²) in [4.78, 5) is 66.6. The number of hydrogen-bond donors (Lipinski definition) is 3. The average Bonchev–Trinajstić information content (AvgIpc) is 3.55. The second-order valence-electron chi connectivity index (χ2n) is 14.1. The van der Waals surface area contributed by atoms with Gasteiger partial charge in [0.1, 0.15) is 11.3 Å². The van der Waals surface area contributed by atoms with E-state index in [0.717, 1.165) is 10.6 Å². The van der Waals surface area contributed by atoms with Gasteiger partial charge in [0, 0.05) is 107 Å².